The molecule has 0 aliphatic carbocycles. The van der Waals surface area contributed by atoms with Gasteiger partial charge < -0.3 is 15.0 Å². The van der Waals surface area contributed by atoms with Crippen LogP contribution < -0.4 is 10.1 Å². The third-order valence-electron chi connectivity index (χ3n) is 4.94. The van der Waals surface area contributed by atoms with E-state index in [4.69, 9.17) is 27.9 Å². The Kier molecular flexibility index (Phi) is 9.66. The summed E-state index contributed by atoms with van der Waals surface area (Å²) in [5, 5.41) is 3.76. The molecule has 0 radical (unpaired) electrons. The Balaban J connectivity index is 2.18. The second-order valence-electron chi connectivity index (χ2n) is 7.82. The van der Waals surface area contributed by atoms with E-state index in [1.54, 1.807) is 25.1 Å². The molecule has 31 heavy (non-hydrogen) atoms. The lowest BCUT2D eigenvalue weighted by Crippen LogP contribution is -2.49. The highest BCUT2D eigenvalue weighted by atomic mass is 35.5. The zero-order chi connectivity index (χ0) is 23.0. The molecule has 0 fully saturated rings. The molecule has 0 heterocycles. The molecule has 5 nitrogen and oxygen atoms in total. The van der Waals surface area contributed by atoms with Gasteiger partial charge in [-0.3, -0.25) is 9.59 Å². The fourth-order valence-electron chi connectivity index (χ4n) is 2.94. The summed E-state index contributed by atoms with van der Waals surface area (Å²) in [5.41, 5.74) is 1.78. The third-order valence-corrected chi connectivity index (χ3v) is 5.64. The van der Waals surface area contributed by atoms with Crippen molar-refractivity contribution in [2.45, 2.75) is 46.7 Å². The molecule has 2 rings (SSSR count). The summed E-state index contributed by atoms with van der Waals surface area (Å²) < 4.78 is 5.69. The Morgan fingerprint density at radius 1 is 1.03 bits per heavy atom. The number of carbonyl (C=O) groups is 2. The van der Waals surface area contributed by atoms with Gasteiger partial charge in [0.05, 0.1) is 0 Å². The van der Waals surface area contributed by atoms with E-state index in [1.165, 1.54) is 10.5 Å². The predicted octanol–water partition coefficient (Wildman–Crippen LogP) is 5.12. The number of hydrogen-bond acceptors (Lipinski definition) is 3. The summed E-state index contributed by atoms with van der Waals surface area (Å²) >= 11 is 12.6. The quantitative estimate of drug-likeness (QED) is 0.530. The van der Waals surface area contributed by atoms with Gasteiger partial charge in [-0.1, -0.05) is 62.2 Å². The lowest BCUT2D eigenvalue weighted by atomic mass is 10.1. The van der Waals surface area contributed by atoms with Gasteiger partial charge in [0.15, 0.2) is 6.61 Å². The molecule has 2 amide bonds. The summed E-state index contributed by atoms with van der Waals surface area (Å²) in [4.78, 5) is 27.2. The second kappa shape index (κ2) is 12.0. The fourth-order valence-corrected chi connectivity index (χ4v) is 3.46. The summed E-state index contributed by atoms with van der Waals surface area (Å²) in [7, 11) is 0. The van der Waals surface area contributed by atoms with Gasteiger partial charge >= 0.3 is 0 Å². The number of rotatable bonds is 10. The third kappa shape index (κ3) is 7.44. The van der Waals surface area contributed by atoms with Crippen LogP contribution in [0.4, 0.5) is 0 Å². The van der Waals surface area contributed by atoms with Gasteiger partial charge in [-0.25, -0.2) is 0 Å². The van der Waals surface area contributed by atoms with Crippen molar-refractivity contribution in [2.75, 3.05) is 13.2 Å². The van der Waals surface area contributed by atoms with E-state index >= 15 is 0 Å². The molecule has 1 N–H and O–H groups in total. The van der Waals surface area contributed by atoms with E-state index in [2.05, 4.69) is 12.2 Å². The number of benzene rings is 2. The number of ether oxygens (including phenoxy) is 1. The topological polar surface area (TPSA) is 58.6 Å². The summed E-state index contributed by atoms with van der Waals surface area (Å²) in [6, 6.07) is 12.0. The molecule has 0 aliphatic heterocycles. The Hall–Kier alpha value is -2.24. The maximum Gasteiger partial charge on any atom is 0.261 e. The first-order valence-corrected chi connectivity index (χ1v) is 11.2. The lowest BCUT2D eigenvalue weighted by Gasteiger charge is -2.29. The first-order chi connectivity index (χ1) is 14.7. The lowest BCUT2D eigenvalue weighted by molar-refractivity contribution is -0.142. The van der Waals surface area contributed by atoms with Crippen LogP contribution in [-0.2, 0) is 22.6 Å². The molecule has 7 heteroatoms. The highest BCUT2D eigenvalue weighted by Gasteiger charge is 2.27. The molecule has 2 aromatic rings. The van der Waals surface area contributed by atoms with E-state index in [-0.39, 0.29) is 25.0 Å². The van der Waals surface area contributed by atoms with E-state index < -0.39 is 6.04 Å². The van der Waals surface area contributed by atoms with E-state index in [1.807, 2.05) is 38.1 Å². The minimum absolute atomic E-state index is 0.103. The highest BCUT2D eigenvalue weighted by molar-refractivity contribution is 6.36. The zero-order valence-electron chi connectivity index (χ0n) is 18.5. The molecular weight excluding hydrogens is 435 g/mol. The normalized spacial score (nSPS) is 11.8. The standard InChI is InChI=1S/C24H30Cl2N2O3/c1-5-18-9-11-19(12-10-18)31-15-23(29)28(17(4)24(30)27-13-16(2)3)14-20-21(25)7-6-8-22(20)26/h6-12,16-17H,5,13-15H2,1-4H3,(H,27,30). The van der Waals surface area contributed by atoms with Crippen LogP contribution in [0.2, 0.25) is 10.0 Å². The van der Waals surface area contributed by atoms with Gasteiger partial charge in [0.1, 0.15) is 11.8 Å². The predicted molar refractivity (Wildman–Crippen MR) is 126 cm³/mol. The maximum atomic E-state index is 13.1. The van der Waals surface area contributed by atoms with Gasteiger partial charge in [-0.2, -0.15) is 0 Å². The van der Waals surface area contributed by atoms with Crippen molar-refractivity contribution >= 4 is 35.0 Å². The van der Waals surface area contributed by atoms with Crippen LogP contribution in [-0.4, -0.2) is 35.9 Å². The number of aryl methyl sites for hydroxylation is 1. The fraction of sp³-hybridized carbons (Fsp3) is 0.417. The molecule has 2 aromatic carbocycles. The van der Waals surface area contributed by atoms with Crippen molar-refractivity contribution < 1.29 is 14.3 Å². The molecule has 1 atom stereocenters. The number of halogens is 2. The van der Waals surface area contributed by atoms with Crippen LogP contribution in [0.1, 0.15) is 38.8 Å². The van der Waals surface area contributed by atoms with Crippen LogP contribution in [0, 0.1) is 5.92 Å². The molecule has 0 aliphatic rings. The minimum Gasteiger partial charge on any atom is -0.484 e. The van der Waals surface area contributed by atoms with Gasteiger partial charge in [0.2, 0.25) is 5.91 Å². The average molecular weight is 465 g/mol. The Morgan fingerprint density at radius 2 is 1.65 bits per heavy atom. The smallest absolute Gasteiger partial charge is 0.261 e. The van der Waals surface area contributed by atoms with Crippen molar-refractivity contribution in [1.29, 1.82) is 0 Å². The largest absolute Gasteiger partial charge is 0.484 e. The minimum atomic E-state index is -0.718. The monoisotopic (exact) mass is 464 g/mol. The summed E-state index contributed by atoms with van der Waals surface area (Å²) in [5.74, 6) is 0.325. The second-order valence-corrected chi connectivity index (χ2v) is 8.64. The molecule has 168 valence electrons. The Labute approximate surface area is 194 Å². The first-order valence-electron chi connectivity index (χ1n) is 10.4. The van der Waals surface area contributed by atoms with Crippen molar-refractivity contribution in [3.05, 3.63) is 63.6 Å². The van der Waals surface area contributed by atoms with Gasteiger partial charge in [-0.05, 0) is 49.1 Å². The summed E-state index contributed by atoms with van der Waals surface area (Å²) in [6.45, 7) is 8.21. The van der Waals surface area contributed by atoms with Gasteiger partial charge in [0, 0.05) is 28.7 Å². The molecule has 0 aromatic heterocycles. The molecule has 0 spiro atoms. The molecule has 0 saturated heterocycles. The molecular formula is C24H30Cl2N2O3. The van der Waals surface area contributed by atoms with Gasteiger partial charge in [-0.15, -0.1) is 0 Å². The average Bonchev–Trinajstić information content (AvgIpc) is 2.75. The maximum absolute atomic E-state index is 13.1. The Morgan fingerprint density at radius 3 is 2.19 bits per heavy atom. The molecule has 0 bridgehead atoms. The van der Waals surface area contributed by atoms with Crippen LogP contribution in [0.3, 0.4) is 0 Å². The van der Waals surface area contributed by atoms with Gasteiger partial charge in [0.25, 0.3) is 5.91 Å². The SMILES string of the molecule is CCc1ccc(OCC(=O)N(Cc2c(Cl)cccc2Cl)C(C)C(=O)NCC(C)C)cc1. The summed E-state index contributed by atoms with van der Waals surface area (Å²) in [6.07, 6.45) is 0.925. The molecule has 1 unspecified atom stereocenters. The zero-order valence-corrected chi connectivity index (χ0v) is 20.0. The number of carbonyl (C=O) groups excluding carboxylic acids is 2. The van der Waals surface area contributed by atoms with Crippen LogP contribution in [0.15, 0.2) is 42.5 Å². The number of amides is 2. The van der Waals surface area contributed by atoms with Crippen molar-refractivity contribution in [2.24, 2.45) is 5.92 Å². The molecule has 0 saturated carbocycles. The number of nitrogens with zero attached hydrogens (tertiary/aromatic N) is 1. The highest BCUT2D eigenvalue weighted by Crippen LogP contribution is 2.26. The van der Waals surface area contributed by atoms with Crippen LogP contribution in [0.5, 0.6) is 5.75 Å². The van der Waals surface area contributed by atoms with Crippen LogP contribution >= 0.6 is 23.2 Å². The van der Waals surface area contributed by atoms with Crippen LogP contribution in [0.25, 0.3) is 0 Å². The van der Waals surface area contributed by atoms with E-state index in [9.17, 15) is 9.59 Å². The number of nitrogens with one attached hydrogen (secondary N) is 1. The Bertz CT molecular complexity index is 865. The number of hydrogen-bond donors (Lipinski definition) is 1. The van der Waals surface area contributed by atoms with Crippen molar-refractivity contribution in [3.8, 4) is 5.75 Å². The van der Waals surface area contributed by atoms with Crippen molar-refractivity contribution in [1.82, 2.24) is 10.2 Å². The first kappa shape index (κ1) is 25.0. The van der Waals surface area contributed by atoms with Crippen molar-refractivity contribution in [3.63, 3.8) is 0 Å². The van der Waals surface area contributed by atoms with E-state index in [0.717, 1.165) is 6.42 Å². The van der Waals surface area contributed by atoms with E-state index in [0.29, 0.717) is 33.8 Å².